The molecule has 118 valence electrons. The van der Waals surface area contributed by atoms with Crippen LogP contribution in [0.1, 0.15) is 22.3 Å². The molecule has 1 aromatic heterocycles. The van der Waals surface area contributed by atoms with Crippen LogP contribution in [-0.2, 0) is 5.66 Å². The summed E-state index contributed by atoms with van der Waals surface area (Å²) in [5, 5.41) is 2.40. The Hall–Kier alpha value is -2.62. The SMILES string of the molecule is Cc1ccc2c(c1)C(N)(N)c1cc3c(cc1-2)[nH]c1ccc(C)cc13. The average Bonchev–Trinajstić information content (AvgIpc) is 2.99. The molecule has 0 aliphatic heterocycles. The molecule has 0 spiro atoms. The molecule has 3 heteroatoms. The third kappa shape index (κ3) is 1.63. The van der Waals surface area contributed by atoms with Crippen LogP contribution in [0.4, 0.5) is 0 Å². The van der Waals surface area contributed by atoms with Crippen molar-refractivity contribution in [3.8, 4) is 11.1 Å². The van der Waals surface area contributed by atoms with Gasteiger partial charge in [-0.3, -0.25) is 0 Å². The number of aryl methyl sites for hydroxylation is 2. The zero-order valence-corrected chi connectivity index (χ0v) is 13.8. The van der Waals surface area contributed by atoms with Crippen molar-refractivity contribution >= 4 is 21.8 Å². The van der Waals surface area contributed by atoms with Gasteiger partial charge < -0.3 is 16.5 Å². The molecule has 0 amide bonds. The van der Waals surface area contributed by atoms with Gasteiger partial charge in [0.1, 0.15) is 5.66 Å². The molecular weight excluding hydrogens is 294 g/mol. The van der Waals surface area contributed by atoms with Gasteiger partial charge >= 0.3 is 0 Å². The Morgan fingerprint density at radius 1 is 0.708 bits per heavy atom. The summed E-state index contributed by atoms with van der Waals surface area (Å²) >= 11 is 0. The highest BCUT2D eigenvalue weighted by molar-refractivity contribution is 6.09. The van der Waals surface area contributed by atoms with Gasteiger partial charge in [-0.1, -0.05) is 35.4 Å². The van der Waals surface area contributed by atoms with Crippen LogP contribution in [0.15, 0.2) is 48.5 Å². The minimum atomic E-state index is -0.946. The number of benzene rings is 3. The second kappa shape index (κ2) is 4.26. The summed E-state index contributed by atoms with van der Waals surface area (Å²) in [4.78, 5) is 3.52. The summed E-state index contributed by atoms with van der Waals surface area (Å²) in [6.07, 6.45) is 0. The van der Waals surface area contributed by atoms with Gasteiger partial charge in [0, 0.05) is 21.8 Å². The van der Waals surface area contributed by atoms with Gasteiger partial charge in [-0.05, 0) is 60.4 Å². The molecule has 0 unspecified atom stereocenters. The minimum absolute atomic E-state index is 0.946. The molecule has 3 nitrogen and oxygen atoms in total. The van der Waals surface area contributed by atoms with Crippen molar-refractivity contribution in [2.45, 2.75) is 19.5 Å². The van der Waals surface area contributed by atoms with E-state index in [1.165, 1.54) is 21.9 Å². The number of nitrogens with two attached hydrogens (primary N) is 2. The molecule has 0 saturated carbocycles. The van der Waals surface area contributed by atoms with Gasteiger partial charge in [-0.25, -0.2) is 0 Å². The Morgan fingerprint density at radius 3 is 2.21 bits per heavy atom. The topological polar surface area (TPSA) is 67.8 Å². The van der Waals surface area contributed by atoms with E-state index >= 15 is 0 Å². The van der Waals surface area contributed by atoms with E-state index < -0.39 is 5.66 Å². The Morgan fingerprint density at radius 2 is 1.38 bits per heavy atom. The molecule has 3 aromatic carbocycles. The second-order valence-corrected chi connectivity index (χ2v) is 7.04. The van der Waals surface area contributed by atoms with Gasteiger partial charge in [-0.15, -0.1) is 0 Å². The van der Waals surface area contributed by atoms with Gasteiger partial charge in [0.2, 0.25) is 0 Å². The van der Waals surface area contributed by atoms with Crippen LogP contribution in [0.25, 0.3) is 32.9 Å². The number of hydrogen-bond donors (Lipinski definition) is 3. The lowest BCUT2D eigenvalue weighted by Gasteiger charge is -2.21. The first-order valence-electron chi connectivity index (χ1n) is 8.21. The molecule has 0 saturated heterocycles. The number of hydrogen-bond acceptors (Lipinski definition) is 2. The quantitative estimate of drug-likeness (QED) is 0.429. The highest BCUT2D eigenvalue weighted by Gasteiger charge is 2.37. The molecule has 1 aliphatic rings. The van der Waals surface area contributed by atoms with Gasteiger partial charge in [0.25, 0.3) is 0 Å². The highest BCUT2D eigenvalue weighted by Crippen LogP contribution is 2.46. The molecule has 24 heavy (non-hydrogen) atoms. The Labute approximate surface area is 140 Å². The molecule has 4 aromatic rings. The van der Waals surface area contributed by atoms with Crippen molar-refractivity contribution in [1.82, 2.24) is 4.98 Å². The van der Waals surface area contributed by atoms with Gasteiger partial charge in [0.05, 0.1) is 0 Å². The average molecular weight is 313 g/mol. The van der Waals surface area contributed by atoms with Crippen LogP contribution >= 0.6 is 0 Å². The third-order valence-corrected chi connectivity index (χ3v) is 5.25. The van der Waals surface area contributed by atoms with Gasteiger partial charge in [0.15, 0.2) is 0 Å². The van der Waals surface area contributed by atoms with E-state index in [4.69, 9.17) is 11.5 Å². The standard InChI is InChI=1S/C21H19N3/c1-11-4-6-19-15(7-11)16-9-18-14(10-20(16)24-19)13-5-3-12(2)8-17(13)21(18,22)23/h3-10,24H,22-23H2,1-2H3. The third-order valence-electron chi connectivity index (χ3n) is 5.25. The summed E-state index contributed by atoms with van der Waals surface area (Å²) in [5.74, 6) is 0. The molecule has 1 aliphatic carbocycles. The number of fused-ring (bicyclic) bond motifs is 6. The zero-order chi connectivity index (χ0) is 16.6. The first kappa shape index (κ1) is 13.8. The maximum absolute atomic E-state index is 6.57. The van der Waals surface area contributed by atoms with E-state index in [1.54, 1.807) is 0 Å². The molecule has 5 N–H and O–H groups in total. The van der Waals surface area contributed by atoms with Crippen molar-refractivity contribution in [3.63, 3.8) is 0 Å². The van der Waals surface area contributed by atoms with E-state index in [0.717, 1.165) is 33.3 Å². The van der Waals surface area contributed by atoms with Crippen molar-refractivity contribution in [2.75, 3.05) is 0 Å². The van der Waals surface area contributed by atoms with Crippen LogP contribution in [-0.4, -0.2) is 4.98 Å². The Bertz CT molecular complexity index is 1150. The lowest BCUT2D eigenvalue weighted by molar-refractivity contribution is 0.584. The second-order valence-electron chi connectivity index (χ2n) is 7.04. The normalized spacial score (nSPS) is 15.0. The van der Waals surface area contributed by atoms with Crippen LogP contribution in [0.3, 0.4) is 0 Å². The van der Waals surface area contributed by atoms with Crippen molar-refractivity contribution < 1.29 is 0 Å². The number of aromatic amines is 1. The van der Waals surface area contributed by atoms with Crippen molar-refractivity contribution in [1.29, 1.82) is 0 Å². The van der Waals surface area contributed by atoms with Crippen molar-refractivity contribution in [3.05, 3.63) is 70.8 Å². The molecule has 1 heterocycles. The lowest BCUT2D eigenvalue weighted by atomic mass is 9.97. The van der Waals surface area contributed by atoms with Crippen LogP contribution < -0.4 is 11.5 Å². The molecular formula is C21H19N3. The van der Waals surface area contributed by atoms with Crippen LogP contribution in [0.2, 0.25) is 0 Å². The molecule has 5 rings (SSSR count). The highest BCUT2D eigenvalue weighted by atomic mass is 15.0. The summed E-state index contributed by atoms with van der Waals surface area (Å²) in [6, 6.07) is 17.2. The molecule has 0 fully saturated rings. The summed E-state index contributed by atoms with van der Waals surface area (Å²) < 4.78 is 0. The smallest absolute Gasteiger partial charge is 0.118 e. The predicted molar refractivity (Wildman–Crippen MR) is 99.9 cm³/mol. The van der Waals surface area contributed by atoms with Crippen LogP contribution in [0.5, 0.6) is 0 Å². The molecule has 0 atom stereocenters. The first-order valence-corrected chi connectivity index (χ1v) is 8.21. The molecule has 0 radical (unpaired) electrons. The fourth-order valence-corrected chi connectivity index (χ4v) is 4.01. The van der Waals surface area contributed by atoms with Crippen molar-refractivity contribution in [2.24, 2.45) is 11.5 Å². The summed E-state index contributed by atoms with van der Waals surface area (Å²) in [7, 11) is 0. The Kier molecular flexibility index (Phi) is 2.45. The van der Waals surface area contributed by atoms with E-state index in [0.29, 0.717) is 0 Å². The lowest BCUT2D eigenvalue weighted by Crippen LogP contribution is -2.45. The first-order chi connectivity index (χ1) is 11.4. The predicted octanol–water partition coefficient (Wildman–Crippen LogP) is 4.04. The van der Waals surface area contributed by atoms with E-state index in [9.17, 15) is 0 Å². The zero-order valence-electron chi connectivity index (χ0n) is 13.8. The van der Waals surface area contributed by atoms with Gasteiger partial charge in [-0.2, -0.15) is 0 Å². The van der Waals surface area contributed by atoms with E-state index in [-0.39, 0.29) is 0 Å². The van der Waals surface area contributed by atoms with Crippen LogP contribution in [0, 0.1) is 13.8 Å². The number of nitrogens with one attached hydrogen (secondary N) is 1. The van der Waals surface area contributed by atoms with E-state index in [2.05, 4.69) is 67.4 Å². The monoisotopic (exact) mass is 313 g/mol. The maximum Gasteiger partial charge on any atom is 0.118 e. The number of H-pyrrole nitrogens is 1. The maximum atomic E-state index is 6.57. The largest absolute Gasteiger partial charge is 0.354 e. The molecule has 0 bridgehead atoms. The fourth-order valence-electron chi connectivity index (χ4n) is 4.01. The minimum Gasteiger partial charge on any atom is -0.354 e. The number of rotatable bonds is 0. The summed E-state index contributed by atoms with van der Waals surface area (Å²) in [5.41, 5.74) is 21.2. The summed E-state index contributed by atoms with van der Waals surface area (Å²) in [6.45, 7) is 4.18. The van der Waals surface area contributed by atoms with E-state index in [1.807, 2.05) is 0 Å². The Balaban J connectivity index is 1.91. The fraction of sp³-hybridized carbons (Fsp3) is 0.143. The number of aromatic nitrogens is 1.